The molecule has 3 amide bonds. The number of anilines is 1. The molecule has 3 atom stereocenters. The van der Waals surface area contributed by atoms with E-state index in [1.165, 1.54) is 6.20 Å². The lowest BCUT2D eigenvalue weighted by atomic mass is 9.89. The van der Waals surface area contributed by atoms with Gasteiger partial charge < -0.3 is 15.1 Å². The molecule has 0 aliphatic carbocycles. The van der Waals surface area contributed by atoms with Gasteiger partial charge in [-0.2, -0.15) is 5.10 Å². The summed E-state index contributed by atoms with van der Waals surface area (Å²) in [5.41, 5.74) is 2.97. The molecule has 10 nitrogen and oxygen atoms in total. The summed E-state index contributed by atoms with van der Waals surface area (Å²) in [7, 11) is 1.84. The molecule has 0 spiro atoms. The Hall–Kier alpha value is -3.86. The van der Waals surface area contributed by atoms with E-state index in [9.17, 15) is 14.4 Å². The second-order valence-corrected chi connectivity index (χ2v) is 11.5. The largest absolute Gasteiger partial charge is 0.346 e. The third kappa shape index (κ3) is 4.51. The van der Waals surface area contributed by atoms with Crippen LogP contribution in [0.5, 0.6) is 0 Å². The molecule has 2 N–H and O–H groups in total. The first kappa shape index (κ1) is 24.5. The SMILES string of the molecule is C[C@H]1CC[C@H](c2ccc3sc(C4CCN(C)C(=O)C4)nc3c2)N(C(=O)C(=O)Nc2cncc3[nH]ncc23)C1. The predicted octanol–water partition coefficient (Wildman–Crippen LogP) is 3.84. The van der Waals surface area contributed by atoms with Crippen molar-refractivity contribution in [2.45, 2.75) is 44.6 Å². The number of likely N-dealkylation sites (tertiary alicyclic amines) is 2. The number of aromatic nitrogens is 4. The molecule has 1 aromatic carbocycles. The highest BCUT2D eigenvalue weighted by Crippen LogP contribution is 2.38. The van der Waals surface area contributed by atoms with Crippen molar-refractivity contribution in [1.29, 1.82) is 0 Å². The number of hydrogen-bond acceptors (Lipinski definition) is 7. The van der Waals surface area contributed by atoms with Crippen LogP contribution in [0.2, 0.25) is 0 Å². The fraction of sp³-hybridized carbons (Fsp3) is 0.407. The van der Waals surface area contributed by atoms with Gasteiger partial charge in [0.1, 0.15) is 0 Å². The lowest BCUT2D eigenvalue weighted by molar-refractivity contribution is -0.146. The number of rotatable bonds is 3. The van der Waals surface area contributed by atoms with Gasteiger partial charge in [0, 0.05) is 37.9 Å². The Morgan fingerprint density at radius 2 is 2.03 bits per heavy atom. The van der Waals surface area contributed by atoms with Crippen LogP contribution in [-0.4, -0.2) is 67.8 Å². The minimum Gasteiger partial charge on any atom is -0.346 e. The van der Waals surface area contributed by atoms with Crippen LogP contribution in [0.1, 0.15) is 55.1 Å². The van der Waals surface area contributed by atoms with Gasteiger partial charge >= 0.3 is 11.8 Å². The molecule has 5 heterocycles. The van der Waals surface area contributed by atoms with E-state index in [1.807, 2.05) is 19.2 Å². The van der Waals surface area contributed by atoms with Crippen molar-refractivity contribution < 1.29 is 14.4 Å². The summed E-state index contributed by atoms with van der Waals surface area (Å²) >= 11 is 1.64. The summed E-state index contributed by atoms with van der Waals surface area (Å²) in [6, 6.07) is 5.92. The lowest BCUT2D eigenvalue weighted by Gasteiger charge is -2.38. The average Bonchev–Trinajstić information content (AvgIpc) is 3.57. The van der Waals surface area contributed by atoms with Crippen LogP contribution in [0, 0.1) is 5.92 Å². The number of fused-ring (bicyclic) bond motifs is 2. The van der Waals surface area contributed by atoms with Gasteiger partial charge in [0.05, 0.1) is 51.1 Å². The Labute approximate surface area is 223 Å². The van der Waals surface area contributed by atoms with E-state index >= 15 is 0 Å². The minimum absolute atomic E-state index is 0.144. The topological polar surface area (TPSA) is 124 Å². The number of pyridine rings is 1. The van der Waals surface area contributed by atoms with Gasteiger partial charge in [0.25, 0.3) is 0 Å². The number of aromatic amines is 1. The maximum Gasteiger partial charge on any atom is 0.313 e. The summed E-state index contributed by atoms with van der Waals surface area (Å²) < 4.78 is 1.07. The van der Waals surface area contributed by atoms with Crippen LogP contribution in [-0.2, 0) is 14.4 Å². The normalized spacial score (nSPS) is 22.3. The molecule has 4 aromatic rings. The maximum absolute atomic E-state index is 13.5. The third-order valence-corrected chi connectivity index (χ3v) is 8.91. The van der Waals surface area contributed by atoms with E-state index < -0.39 is 11.8 Å². The van der Waals surface area contributed by atoms with E-state index in [0.29, 0.717) is 35.5 Å². The first-order chi connectivity index (χ1) is 18.4. The van der Waals surface area contributed by atoms with E-state index in [4.69, 9.17) is 4.98 Å². The molecule has 3 aromatic heterocycles. The molecular formula is C27H29N7O3S. The van der Waals surface area contributed by atoms with Gasteiger partial charge in [-0.25, -0.2) is 4.98 Å². The molecule has 0 radical (unpaired) electrons. The van der Waals surface area contributed by atoms with E-state index in [1.54, 1.807) is 33.5 Å². The molecule has 2 fully saturated rings. The molecule has 2 aliphatic rings. The number of benzene rings is 1. The molecule has 0 saturated carbocycles. The zero-order valence-electron chi connectivity index (χ0n) is 21.3. The summed E-state index contributed by atoms with van der Waals surface area (Å²) in [6.07, 6.45) is 7.87. The summed E-state index contributed by atoms with van der Waals surface area (Å²) in [5, 5.41) is 11.2. The number of H-pyrrole nitrogens is 1. The van der Waals surface area contributed by atoms with Gasteiger partial charge in [-0.3, -0.25) is 24.5 Å². The van der Waals surface area contributed by atoms with Crippen molar-refractivity contribution in [3.63, 3.8) is 0 Å². The number of piperidine rings is 2. The molecule has 6 rings (SSSR count). The quantitative estimate of drug-likeness (QED) is 0.387. The van der Waals surface area contributed by atoms with Crippen LogP contribution in [0.3, 0.4) is 0 Å². The molecule has 2 aliphatic heterocycles. The monoisotopic (exact) mass is 531 g/mol. The van der Waals surface area contributed by atoms with Crippen molar-refractivity contribution in [2.75, 3.05) is 25.5 Å². The number of thiazole rings is 1. The number of nitrogens with zero attached hydrogens (tertiary/aromatic N) is 5. The van der Waals surface area contributed by atoms with Crippen LogP contribution in [0.4, 0.5) is 5.69 Å². The summed E-state index contributed by atoms with van der Waals surface area (Å²) in [5.74, 6) is -0.663. The highest BCUT2D eigenvalue weighted by Gasteiger charge is 2.35. The maximum atomic E-state index is 13.5. The van der Waals surface area contributed by atoms with Gasteiger partial charge in [-0.15, -0.1) is 11.3 Å². The van der Waals surface area contributed by atoms with Crippen LogP contribution >= 0.6 is 11.3 Å². The van der Waals surface area contributed by atoms with E-state index in [2.05, 4.69) is 33.5 Å². The lowest BCUT2D eigenvalue weighted by Crippen LogP contribution is -2.46. The fourth-order valence-electron chi connectivity index (χ4n) is 5.49. The Bertz CT molecular complexity index is 1550. The number of nitrogens with one attached hydrogen (secondary N) is 2. The predicted molar refractivity (Wildman–Crippen MR) is 145 cm³/mol. The van der Waals surface area contributed by atoms with E-state index in [0.717, 1.165) is 46.6 Å². The van der Waals surface area contributed by atoms with Gasteiger partial charge in [-0.1, -0.05) is 13.0 Å². The third-order valence-electron chi connectivity index (χ3n) is 7.71. The highest BCUT2D eigenvalue weighted by atomic mass is 32.1. The molecule has 1 unspecified atom stereocenters. The van der Waals surface area contributed by atoms with Crippen LogP contribution in [0.25, 0.3) is 21.1 Å². The number of carbonyl (C=O) groups is 3. The van der Waals surface area contributed by atoms with Crippen molar-refractivity contribution in [3.05, 3.63) is 47.4 Å². The highest BCUT2D eigenvalue weighted by molar-refractivity contribution is 7.18. The molecule has 0 bridgehead atoms. The number of carbonyl (C=O) groups excluding carboxylic acids is 3. The molecular weight excluding hydrogens is 502 g/mol. The smallest absolute Gasteiger partial charge is 0.313 e. The van der Waals surface area contributed by atoms with Crippen molar-refractivity contribution >= 4 is 55.9 Å². The Morgan fingerprint density at radius 3 is 2.87 bits per heavy atom. The average molecular weight is 532 g/mol. The zero-order valence-corrected chi connectivity index (χ0v) is 22.1. The Morgan fingerprint density at radius 1 is 1.16 bits per heavy atom. The fourth-order valence-corrected chi connectivity index (χ4v) is 6.57. The van der Waals surface area contributed by atoms with Gasteiger partial charge in [0.2, 0.25) is 5.91 Å². The zero-order chi connectivity index (χ0) is 26.4. The second-order valence-electron chi connectivity index (χ2n) is 10.4. The van der Waals surface area contributed by atoms with Crippen LogP contribution < -0.4 is 5.32 Å². The molecule has 38 heavy (non-hydrogen) atoms. The molecule has 11 heteroatoms. The van der Waals surface area contributed by atoms with E-state index in [-0.39, 0.29) is 17.9 Å². The first-order valence-electron chi connectivity index (χ1n) is 12.9. The summed E-state index contributed by atoms with van der Waals surface area (Å²) in [4.78, 5) is 51.3. The summed E-state index contributed by atoms with van der Waals surface area (Å²) in [6.45, 7) is 3.35. The van der Waals surface area contributed by atoms with Crippen molar-refractivity contribution in [2.24, 2.45) is 5.92 Å². The first-order valence-corrected chi connectivity index (χ1v) is 13.7. The Kier molecular flexibility index (Phi) is 6.30. The van der Waals surface area contributed by atoms with Crippen molar-refractivity contribution in [1.82, 2.24) is 30.0 Å². The second kappa shape index (κ2) is 9.79. The molecule has 196 valence electrons. The number of amides is 3. The minimum atomic E-state index is -0.691. The van der Waals surface area contributed by atoms with Gasteiger partial charge in [0.15, 0.2) is 0 Å². The van der Waals surface area contributed by atoms with Crippen LogP contribution in [0.15, 0.2) is 36.8 Å². The number of hydrogen-bond donors (Lipinski definition) is 2. The van der Waals surface area contributed by atoms with Gasteiger partial charge in [-0.05, 0) is 42.9 Å². The van der Waals surface area contributed by atoms with Crippen molar-refractivity contribution in [3.8, 4) is 0 Å². The standard InChI is InChI=1S/C27H29N7O3S/c1-15-3-5-22(34(14-15)27(37)25(36)30-20-12-28-13-21-18(20)11-29-32-21)16-4-6-23-19(9-16)31-26(38-23)17-7-8-33(2)24(35)10-17/h4,6,9,11-13,15,17,22H,3,5,7-8,10,14H2,1-2H3,(H,29,32)(H,30,36)/t15-,17?,22+/m0/s1. The Balaban J connectivity index is 1.24. The molecule has 2 saturated heterocycles.